The van der Waals surface area contributed by atoms with Gasteiger partial charge in [0, 0.05) is 37.3 Å². The Morgan fingerprint density at radius 3 is 2.40 bits per heavy atom. The van der Waals surface area contributed by atoms with Crippen LogP contribution in [0, 0.1) is 22.7 Å². The van der Waals surface area contributed by atoms with E-state index < -0.39 is 45.8 Å². The summed E-state index contributed by atoms with van der Waals surface area (Å²) >= 11 is 0. The summed E-state index contributed by atoms with van der Waals surface area (Å²) < 4.78 is 11.0. The van der Waals surface area contributed by atoms with Gasteiger partial charge in [-0.25, -0.2) is 9.59 Å². The lowest BCUT2D eigenvalue weighted by atomic mass is 9.41. The highest BCUT2D eigenvalue weighted by Gasteiger charge is 2.71. The first kappa shape index (κ1) is 39.4. The number of fused-ring (bicyclic) bond motifs is 5. The number of carboxylic acid groups (broad SMARTS) is 1. The minimum absolute atomic E-state index is 0.0152. The summed E-state index contributed by atoms with van der Waals surface area (Å²) in [6, 6.07) is 2.19. The Labute approximate surface area is 304 Å². The van der Waals surface area contributed by atoms with Gasteiger partial charge in [-0.2, -0.15) is 0 Å². The van der Waals surface area contributed by atoms with Crippen LogP contribution in [-0.2, 0) is 23.9 Å². The van der Waals surface area contributed by atoms with Gasteiger partial charge in [0.2, 0.25) is 5.91 Å². The van der Waals surface area contributed by atoms with Crippen LogP contribution in [-0.4, -0.2) is 75.3 Å². The fourth-order valence-electron chi connectivity index (χ4n) is 10.5. The van der Waals surface area contributed by atoms with Crippen LogP contribution in [0.1, 0.15) is 128 Å². The number of aliphatic imine (C=N–C) groups is 1. The Morgan fingerprint density at radius 2 is 1.73 bits per heavy atom. The number of carbonyl (C=O) groups is 4. The fourth-order valence-corrected chi connectivity index (χ4v) is 10.5. The molecule has 4 aliphatic rings. The zero-order chi connectivity index (χ0) is 37.7. The quantitative estimate of drug-likeness (QED) is 0.0473. The van der Waals surface area contributed by atoms with Crippen LogP contribution >= 0.6 is 0 Å². The third kappa shape index (κ3) is 7.78. The number of carboxylic acids is 1. The van der Waals surface area contributed by atoms with Gasteiger partial charge in [0.25, 0.3) is 0 Å². The van der Waals surface area contributed by atoms with Gasteiger partial charge in [0.1, 0.15) is 18.4 Å². The average molecular weight is 729 g/mol. The second-order valence-corrected chi connectivity index (χ2v) is 16.0. The third-order valence-electron chi connectivity index (χ3n) is 13.2. The summed E-state index contributed by atoms with van der Waals surface area (Å²) in [5.41, 5.74) is 7.17. The molecule has 1 aromatic heterocycles. The lowest BCUT2D eigenvalue weighted by molar-refractivity contribution is -0.248. The van der Waals surface area contributed by atoms with Gasteiger partial charge in [-0.15, -0.1) is 0 Å². The van der Waals surface area contributed by atoms with Crippen LogP contribution in [0.15, 0.2) is 32.6 Å². The molecule has 4 fully saturated rings. The Hall–Kier alpha value is -3.78. The van der Waals surface area contributed by atoms with Crippen molar-refractivity contribution in [1.82, 2.24) is 5.32 Å². The molecule has 0 spiro atoms. The lowest BCUT2D eigenvalue weighted by Crippen LogP contribution is -2.68. The monoisotopic (exact) mass is 728 g/mol. The molecule has 1 aromatic rings. The van der Waals surface area contributed by atoms with Gasteiger partial charge in [0.05, 0.1) is 22.9 Å². The maximum atomic E-state index is 13.1. The number of ether oxygens (including phenoxy) is 1. The van der Waals surface area contributed by atoms with E-state index in [4.69, 9.17) is 20.6 Å². The molecule has 4 aliphatic carbocycles. The van der Waals surface area contributed by atoms with Crippen molar-refractivity contribution < 1.29 is 43.7 Å². The van der Waals surface area contributed by atoms with Gasteiger partial charge in [-0.3, -0.25) is 14.6 Å². The molecule has 0 aliphatic heterocycles. The van der Waals surface area contributed by atoms with Crippen LogP contribution in [0.4, 0.5) is 0 Å². The molecule has 9 atom stereocenters. The number of esters is 1. The molecule has 52 heavy (non-hydrogen) atoms. The van der Waals surface area contributed by atoms with E-state index in [1.54, 1.807) is 6.07 Å². The molecule has 5 rings (SSSR count). The van der Waals surface area contributed by atoms with Gasteiger partial charge < -0.3 is 46.1 Å². The molecule has 9 unspecified atom stereocenters. The van der Waals surface area contributed by atoms with Gasteiger partial charge in [-0.05, 0) is 106 Å². The molecule has 288 valence electrons. The summed E-state index contributed by atoms with van der Waals surface area (Å²) in [7, 11) is 0. The van der Waals surface area contributed by atoms with E-state index in [-0.39, 0.29) is 67.8 Å². The predicted molar refractivity (Wildman–Crippen MR) is 190 cm³/mol. The number of guanidine groups is 1. The van der Waals surface area contributed by atoms with Crippen LogP contribution in [0.5, 0.6) is 0 Å². The number of nitrogens with zero attached hydrogens (tertiary/aromatic N) is 1. The zero-order valence-corrected chi connectivity index (χ0v) is 30.2. The highest BCUT2D eigenvalue weighted by molar-refractivity contribution is 5.83. The van der Waals surface area contributed by atoms with Crippen molar-refractivity contribution in [3.05, 3.63) is 34.4 Å². The number of amides is 1. The number of unbranched alkanes of at least 4 members (excludes halogenated alkanes) is 3. The van der Waals surface area contributed by atoms with Crippen molar-refractivity contribution in [3.8, 4) is 0 Å². The van der Waals surface area contributed by atoms with Gasteiger partial charge in [0.15, 0.2) is 5.96 Å². The number of rotatable bonds is 16. The Morgan fingerprint density at radius 1 is 1.00 bits per heavy atom. The van der Waals surface area contributed by atoms with Crippen molar-refractivity contribution in [2.45, 2.75) is 145 Å². The molecule has 14 heteroatoms. The molecule has 0 bridgehead atoms. The molecular formula is C38H56N4O10. The summed E-state index contributed by atoms with van der Waals surface area (Å²) in [4.78, 5) is 65.1. The highest BCUT2D eigenvalue weighted by atomic mass is 16.5. The van der Waals surface area contributed by atoms with Crippen LogP contribution < -0.4 is 22.4 Å². The van der Waals surface area contributed by atoms with Crippen LogP contribution in [0.2, 0.25) is 0 Å². The molecule has 14 nitrogen and oxygen atoms in total. The second-order valence-electron chi connectivity index (χ2n) is 16.0. The summed E-state index contributed by atoms with van der Waals surface area (Å²) in [6.45, 7) is 2.39. The largest absolute Gasteiger partial charge is 0.480 e. The highest BCUT2D eigenvalue weighted by Crippen LogP contribution is 2.71. The summed E-state index contributed by atoms with van der Waals surface area (Å²) in [5.74, 6) is -2.25. The molecule has 1 amide bonds. The average Bonchev–Trinajstić information content (AvgIpc) is 3.38. The van der Waals surface area contributed by atoms with E-state index in [1.165, 1.54) is 12.3 Å². The second kappa shape index (κ2) is 16.1. The normalized spacial score (nSPS) is 34.1. The smallest absolute Gasteiger partial charge is 0.335 e. The molecule has 4 saturated carbocycles. The van der Waals surface area contributed by atoms with Crippen molar-refractivity contribution >= 4 is 30.1 Å². The lowest BCUT2D eigenvalue weighted by Gasteiger charge is -2.65. The predicted octanol–water partition coefficient (Wildman–Crippen LogP) is 3.05. The number of hydrogen-bond acceptors (Lipinski definition) is 10. The van der Waals surface area contributed by atoms with E-state index in [9.17, 15) is 39.3 Å². The Bertz CT molecular complexity index is 1540. The SMILES string of the molecule is CC12CCC3C(CCC4(O)CC(OC(=O)CCCCCCC(=O)NC(CCCN=C(N)N)C(=O)O)CCC34C=O)C1(O)CCC2c1ccc(=O)oc1. The molecule has 8 N–H and O–H groups in total. The molecule has 0 aromatic carbocycles. The van der Waals surface area contributed by atoms with Crippen molar-refractivity contribution in [3.63, 3.8) is 0 Å². The standard InChI is InChI=1S/C38H56N4O10/c1-35-16-13-27-28(38(35,50)19-15-26(35)24-10-11-31(45)51-22-24)14-18-37(49)21-25(12-17-36(27,37)23-43)52-32(46)9-5-3-2-4-8-30(44)42-29(33(47)48)7-6-20-41-34(39)40/h10-11,22-23,25-29,49-50H,2-9,12-21H2,1H3,(H,42,44)(H,47,48)(H4,39,40,41). The van der Waals surface area contributed by atoms with Crippen molar-refractivity contribution in [2.24, 2.45) is 39.1 Å². The first-order valence-electron chi connectivity index (χ1n) is 18.9. The number of carbonyl (C=O) groups excluding carboxylic acids is 3. The van der Waals surface area contributed by atoms with E-state index in [2.05, 4.69) is 17.2 Å². The number of aldehydes is 1. The Balaban J connectivity index is 1.07. The first-order valence-corrected chi connectivity index (χ1v) is 18.9. The number of nitrogens with one attached hydrogen (secondary N) is 1. The van der Waals surface area contributed by atoms with Crippen molar-refractivity contribution in [2.75, 3.05) is 6.54 Å². The third-order valence-corrected chi connectivity index (χ3v) is 13.2. The van der Waals surface area contributed by atoms with E-state index in [0.717, 1.165) is 18.3 Å². The minimum atomic E-state index is -1.34. The van der Waals surface area contributed by atoms with E-state index in [1.807, 2.05) is 0 Å². The number of aliphatic carboxylic acids is 1. The van der Waals surface area contributed by atoms with Gasteiger partial charge in [-0.1, -0.05) is 19.8 Å². The van der Waals surface area contributed by atoms with Gasteiger partial charge >= 0.3 is 17.6 Å². The maximum Gasteiger partial charge on any atom is 0.335 e. The zero-order valence-electron chi connectivity index (χ0n) is 30.2. The number of aliphatic hydroxyl groups is 2. The molecule has 1 heterocycles. The Kier molecular flexibility index (Phi) is 12.2. The fraction of sp³-hybridized carbons (Fsp3) is 0.737. The maximum absolute atomic E-state index is 13.1. The molecule has 0 radical (unpaired) electrons. The van der Waals surface area contributed by atoms with Crippen molar-refractivity contribution in [1.29, 1.82) is 0 Å². The van der Waals surface area contributed by atoms with Crippen LogP contribution in [0.25, 0.3) is 0 Å². The number of hydrogen-bond donors (Lipinski definition) is 6. The van der Waals surface area contributed by atoms with E-state index in [0.29, 0.717) is 77.0 Å². The number of nitrogens with two attached hydrogens (primary N) is 2. The summed E-state index contributed by atoms with van der Waals surface area (Å²) in [5, 5.41) is 36.5. The minimum Gasteiger partial charge on any atom is -0.480 e. The molecule has 0 saturated heterocycles. The van der Waals surface area contributed by atoms with Crippen LogP contribution in [0.3, 0.4) is 0 Å². The summed E-state index contributed by atoms with van der Waals surface area (Å²) in [6.07, 6.45) is 10.0. The molecular weight excluding hydrogens is 672 g/mol. The topological polar surface area (TPSA) is 245 Å². The first-order chi connectivity index (χ1) is 24.7. The van der Waals surface area contributed by atoms with E-state index >= 15 is 0 Å².